The Kier molecular flexibility index (Phi) is 6.76. The first-order valence-corrected chi connectivity index (χ1v) is 12.9. The predicted molar refractivity (Wildman–Crippen MR) is 138 cm³/mol. The van der Waals surface area contributed by atoms with E-state index in [0.717, 1.165) is 34.2 Å². The fourth-order valence-corrected chi connectivity index (χ4v) is 4.76. The molecule has 0 aromatic heterocycles. The molecule has 1 heterocycles. The van der Waals surface area contributed by atoms with Crippen LogP contribution in [-0.2, 0) is 16.6 Å². The third-order valence-electron chi connectivity index (χ3n) is 5.49. The maximum absolute atomic E-state index is 11.9. The summed E-state index contributed by atoms with van der Waals surface area (Å²) in [6.45, 7) is 2.67. The lowest BCUT2D eigenvalue weighted by Gasteiger charge is -2.26. The molecule has 0 radical (unpaired) electrons. The number of anilines is 1. The van der Waals surface area contributed by atoms with E-state index in [0.29, 0.717) is 23.8 Å². The average molecular weight is 479 g/mol. The minimum atomic E-state index is -3.43. The van der Waals surface area contributed by atoms with Crippen LogP contribution in [0.1, 0.15) is 34.7 Å². The summed E-state index contributed by atoms with van der Waals surface area (Å²) in [5.74, 6) is 0. The molecule has 0 amide bonds. The Bertz CT molecular complexity index is 1290. The van der Waals surface area contributed by atoms with Crippen molar-refractivity contribution in [3.63, 3.8) is 0 Å². The number of nitrogens with zero attached hydrogens (tertiary/aromatic N) is 2. The van der Waals surface area contributed by atoms with Crippen LogP contribution in [0.25, 0.3) is 0 Å². The zero-order valence-electron chi connectivity index (χ0n) is 18.5. The van der Waals surface area contributed by atoms with Crippen LogP contribution in [0.5, 0.6) is 0 Å². The molecule has 170 valence electrons. The minimum Gasteiger partial charge on any atom is -0.357 e. The lowest BCUT2D eigenvalue weighted by atomic mass is 9.95. The summed E-state index contributed by atoms with van der Waals surface area (Å²) in [4.78, 5) is 0. The fraction of sp³-hybridized carbons (Fsp3) is 0.200. The Morgan fingerprint density at radius 3 is 2.42 bits per heavy atom. The van der Waals surface area contributed by atoms with Crippen LogP contribution in [0, 0.1) is 6.92 Å². The van der Waals surface area contributed by atoms with E-state index in [1.54, 1.807) is 12.1 Å². The normalized spacial score (nSPS) is 15.8. The number of hydrogen-bond acceptors (Lipinski definition) is 4. The van der Waals surface area contributed by atoms with Crippen LogP contribution < -0.4 is 10.0 Å². The second-order valence-electron chi connectivity index (χ2n) is 8.03. The van der Waals surface area contributed by atoms with Gasteiger partial charge in [-0.1, -0.05) is 72.8 Å². The highest BCUT2D eigenvalue weighted by Crippen LogP contribution is 2.36. The van der Waals surface area contributed by atoms with Gasteiger partial charge in [0.1, 0.15) is 0 Å². The number of para-hydroxylation sites is 1. The second-order valence-corrected chi connectivity index (χ2v) is 10.2. The third kappa shape index (κ3) is 5.58. The molecule has 4 rings (SSSR count). The van der Waals surface area contributed by atoms with E-state index in [2.05, 4.69) is 29.1 Å². The van der Waals surface area contributed by atoms with Gasteiger partial charge in [-0.2, -0.15) is 5.10 Å². The lowest BCUT2D eigenvalue weighted by molar-refractivity contribution is 0.362. The van der Waals surface area contributed by atoms with Gasteiger partial charge in [0.25, 0.3) is 0 Å². The number of benzene rings is 3. The molecular formula is C25H26N4O2S2. The third-order valence-corrected chi connectivity index (χ3v) is 6.41. The van der Waals surface area contributed by atoms with E-state index >= 15 is 0 Å². The zero-order chi connectivity index (χ0) is 23.4. The molecule has 1 aliphatic rings. The first kappa shape index (κ1) is 22.9. The second kappa shape index (κ2) is 9.72. The summed E-state index contributed by atoms with van der Waals surface area (Å²) in [6.07, 6.45) is 1.74. The van der Waals surface area contributed by atoms with Gasteiger partial charge in [0.15, 0.2) is 5.11 Å². The van der Waals surface area contributed by atoms with Crippen molar-refractivity contribution in [1.29, 1.82) is 0 Å². The molecule has 0 unspecified atom stereocenters. The van der Waals surface area contributed by atoms with Gasteiger partial charge in [-0.15, -0.1) is 0 Å². The highest BCUT2D eigenvalue weighted by atomic mass is 32.2. The van der Waals surface area contributed by atoms with Gasteiger partial charge in [-0.25, -0.2) is 13.4 Å². The topological polar surface area (TPSA) is 73.8 Å². The summed E-state index contributed by atoms with van der Waals surface area (Å²) >= 11 is 5.75. The fourth-order valence-electron chi connectivity index (χ4n) is 3.94. The van der Waals surface area contributed by atoms with Crippen LogP contribution in [0.2, 0.25) is 0 Å². The van der Waals surface area contributed by atoms with Crippen molar-refractivity contribution in [1.82, 2.24) is 10.3 Å². The van der Waals surface area contributed by atoms with Gasteiger partial charge >= 0.3 is 0 Å². The van der Waals surface area contributed by atoms with Crippen molar-refractivity contribution < 1.29 is 8.42 Å². The minimum absolute atomic E-state index is 0.0942. The first-order chi connectivity index (χ1) is 15.8. The van der Waals surface area contributed by atoms with E-state index in [1.807, 2.05) is 59.6 Å². The molecule has 6 nitrogen and oxygen atoms in total. The Hall–Kier alpha value is -3.23. The number of hydrazone groups is 1. The van der Waals surface area contributed by atoms with Crippen LogP contribution in [0.15, 0.2) is 84.0 Å². The van der Waals surface area contributed by atoms with E-state index < -0.39 is 10.0 Å². The number of thiocarbonyl (C=S) groups is 1. The van der Waals surface area contributed by atoms with Gasteiger partial charge in [-0.05, 0) is 41.9 Å². The molecule has 33 heavy (non-hydrogen) atoms. The van der Waals surface area contributed by atoms with Gasteiger partial charge in [0, 0.05) is 18.5 Å². The van der Waals surface area contributed by atoms with Crippen LogP contribution in [-0.4, -0.2) is 30.5 Å². The van der Waals surface area contributed by atoms with Crippen molar-refractivity contribution in [2.45, 2.75) is 25.9 Å². The Morgan fingerprint density at radius 2 is 1.70 bits per heavy atom. The number of nitrogens with one attached hydrogen (secondary N) is 2. The Labute approximate surface area is 200 Å². The largest absolute Gasteiger partial charge is 0.357 e. The molecule has 0 saturated heterocycles. The molecule has 0 aliphatic carbocycles. The quantitative estimate of drug-likeness (QED) is 0.507. The van der Waals surface area contributed by atoms with Crippen LogP contribution >= 0.6 is 12.2 Å². The number of aryl methyl sites for hydroxylation is 1. The SMILES string of the molecule is Cc1ccccc1[C@H]1CC(c2ccccc2NS(C)(=O)=O)=NN1C(=S)NCc1ccccc1. The average Bonchev–Trinajstić information content (AvgIpc) is 3.23. The van der Waals surface area contributed by atoms with E-state index in [4.69, 9.17) is 17.3 Å². The lowest BCUT2D eigenvalue weighted by Crippen LogP contribution is -2.36. The number of hydrogen-bond donors (Lipinski definition) is 2. The van der Waals surface area contributed by atoms with Gasteiger partial charge in [0.05, 0.1) is 23.7 Å². The number of rotatable bonds is 6. The Morgan fingerprint density at radius 1 is 1.03 bits per heavy atom. The van der Waals surface area contributed by atoms with E-state index in [9.17, 15) is 8.42 Å². The summed E-state index contributed by atoms with van der Waals surface area (Å²) in [7, 11) is -3.43. The van der Waals surface area contributed by atoms with E-state index in [-0.39, 0.29) is 6.04 Å². The molecule has 3 aromatic carbocycles. The predicted octanol–water partition coefficient (Wildman–Crippen LogP) is 4.59. The summed E-state index contributed by atoms with van der Waals surface area (Å²) in [6, 6.07) is 25.5. The highest BCUT2D eigenvalue weighted by molar-refractivity contribution is 7.92. The van der Waals surface area contributed by atoms with Crippen LogP contribution in [0.3, 0.4) is 0 Å². The maximum Gasteiger partial charge on any atom is 0.229 e. The van der Waals surface area contributed by atoms with E-state index in [1.165, 1.54) is 0 Å². The Balaban J connectivity index is 1.67. The van der Waals surface area contributed by atoms with Crippen molar-refractivity contribution >= 4 is 38.8 Å². The van der Waals surface area contributed by atoms with Gasteiger partial charge in [-0.3, -0.25) is 4.72 Å². The first-order valence-electron chi connectivity index (χ1n) is 10.6. The highest BCUT2D eigenvalue weighted by Gasteiger charge is 2.33. The summed E-state index contributed by atoms with van der Waals surface area (Å²) in [5.41, 5.74) is 5.44. The summed E-state index contributed by atoms with van der Waals surface area (Å²) in [5, 5.41) is 10.6. The molecule has 0 saturated carbocycles. The smallest absolute Gasteiger partial charge is 0.229 e. The van der Waals surface area contributed by atoms with Crippen LogP contribution in [0.4, 0.5) is 5.69 Å². The van der Waals surface area contributed by atoms with Gasteiger partial charge < -0.3 is 5.32 Å². The maximum atomic E-state index is 11.9. The molecule has 0 fully saturated rings. The summed E-state index contributed by atoms with van der Waals surface area (Å²) < 4.78 is 26.4. The number of sulfonamides is 1. The molecule has 0 bridgehead atoms. The molecule has 3 aromatic rings. The zero-order valence-corrected chi connectivity index (χ0v) is 20.2. The standard InChI is InChI=1S/C25H26N4O2S2/c1-18-10-6-7-13-20(18)24-16-23(21-14-8-9-15-22(21)28-33(2,30)31)27-29(24)25(32)26-17-19-11-4-3-5-12-19/h3-15,24,28H,16-17H2,1-2H3,(H,26,32)/t24-/m1/s1. The van der Waals surface area contributed by atoms with Crippen molar-refractivity contribution in [3.8, 4) is 0 Å². The van der Waals surface area contributed by atoms with Gasteiger partial charge in [0.2, 0.25) is 10.0 Å². The monoisotopic (exact) mass is 478 g/mol. The van der Waals surface area contributed by atoms with Crippen molar-refractivity contribution in [2.75, 3.05) is 11.0 Å². The molecule has 0 spiro atoms. The van der Waals surface area contributed by atoms with Crippen molar-refractivity contribution in [3.05, 3.63) is 101 Å². The molecule has 1 aliphatic heterocycles. The molecule has 8 heteroatoms. The molecule has 1 atom stereocenters. The molecular weight excluding hydrogens is 452 g/mol. The van der Waals surface area contributed by atoms with Crippen molar-refractivity contribution in [2.24, 2.45) is 5.10 Å². The molecule has 2 N–H and O–H groups in total.